The summed E-state index contributed by atoms with van der Waals surface area (Å²) in [5.74, 6) is -0.648. The number of fused-ring (bicyclic) bond motifs is 1. The summed E-state index contributed by atoms with van der Waals surface area (Å²) in [5, 5.41) is 6.67. The van der Waals surface area contributed by atoms with Gasteiger partial charge in [-0.25, -0.2) is 13.8 Å². The Kier molecular flexibility index (Phi) is 5.08. The monoisotopic (exact) mass is 404 g/mol. The molecule has 6 nitrogen and oxygen atoms in total. The van der Waals surface area contributed by atoms with Crippen LogP contribution in [-0.4, -0.2) is 45.8 Å². The Hall–Kier alpha value is -2.81. The number of piperidine rings is 1. The average Bonchev–Trinajstić information content (AvgIpc) is 3.37. The normalized spacial score (nSPS) is 15.3. The zero-order valence-electron chi connectivity index (χ0n) is 14.8. The maximum absolute atomic E-state index is 12.8. The summed E-state index contributed by atoms with van der Waals surface area (Å²) in [6.45, 7) is 1.05. The molecule has 2 N–H and O–H groups in total. The van der Waals surface area contributed by atoms with E-state index in [0.717, 1.165) is 0 Å². The van der Waals surface area contributed by atoms with Crippen molar-refractivity contribution in [3.63, 3.8) is 0 Å². The second kappa shape index (κ2) is 7.67. The van der Waals surface area contributed by atoms with Crippen molar-refractivity contribution in [2.24, 2.45) is 0 Å². The maximum atomic E-state index is 12.8. The van der Waals surface area contributed by atoms with E-state index in [1.54, 1.807) is 34.5 Å². The molecule has 0 radical (unpaired) electrons. The van der Waals surface area contributed by atoms with Crippen LogP contribution in [0.1, 0.15) is 45.8 Å². The molecule has 2 amide bonds. The highest BCUT2D eigenvalue weighted by atomic mass is 32.1. The highest BCUT2D eigenvalue weighted by molar-refractivity contribution is 7.08. The summed E-state index contributed by atoms with van der Waals surface area (Å²) >= 11 is 1.47. The third-order valence-corrected chi connectivity index (χ3v) is 5.54. The number of rotatable bonds is 4. The molecule has 1 saturated heterocycles. The number of aromatic nitrogens is 2. The number of carbonyl (C=O) groups excluding carboxylic acids is 2. The summed E-state index contributed by atoms with van der Waals surface area (Å²) in [4.78, 5) is 33.0. The van der Waals surface area contributed by atoms with Crippen LogP contribution in [0.2, 0.25) is 0 Å². The molecule has 1 aromatic carbocycles. The number of likely N-dealkylation sites (tertiary alicyclic amines) is 1. The van der Waals surface area contributed by atoms with Gasteiger partial charge in [-0.2, -0.15) is 11.3 Å². The molecule has 9 heteroatoms. The second-order valence-corrected chi connectivity index (χ2v) is 7.49. The van der Waals surface area contributed by atoms with Crippen molar-refractivity contribution in [1.29, 1.82) is 0 Å². The van der Waals surface area contributed by atoms with Crippen LogP contribution in [0.3, 0.4) is 0 Å². The molecule has 1 fully saturated rings. The molecule has 0 spiro atoms. The molecule has 0 saturated carbocycles. The summed E-state index contributed by atoms with van der Waals surface area (Å²) in [6.07, 6.45) is -1.35. The van der Waals surface area contributed by atoms with Crippen molar-refractivity contribution in [3.05, 3.63) is 52.0 Å². The standard InChI is InChI=1S/C19H18F2N4O2S/c20-16(21)17-23-14-2-1-11(9-15(14)24-17)19(27)25-6-3-13(4-7-25)22-18(26)12-5-8-28-10-12/h1-2,5,8-10,13,16H,3-4,6-7H2,(H,22,26)(H,23,24). The van der Waals surface area contributed by atoms with Crippen LogP contribution in [0.4, 0.5) is 8.78 Å². The molecule has 2 aromatic heterocycles. The fraction of sp³-hybridized carbons (Fsp3) is 0.316. The van der Waals surface area contributed by atoms with Crippen molar-refractivity contribution in [2.45, 2.75) is 25.3 Å². The number of benzene rings is 1. The van der Waals surface area contributed by atoms with E-state index in [4.69, 9.17) is 0 Å². The van der Waals surface area contributed by atoms with Gasteiger partial charge in [-0.1, -0.05) is 0 Å². The van der Waals surface area contributed by atoms with E-state index in [0.29, 0.717) is 48.1 Å². The van der Waals surface area contributed by atoms with Gasteiger partial charge in [0.15, 0.2) is 5.82 Å². The topological polar surface area (TPSA) is 78.1 Å². The van der Waals surface area contributed by atoms with Gasteiger partial charge in [0, 0.05) is 35.6 Å². The molecule has 1 aliphatic heterocycles. The van der Waals surface area contributed by atoms with E-state index in [1.807, 2.05) is 5.38 Å². The van der Waals surface area contributed by atoms with Crippen molar-refractivity contribution in [2.75, 3.05) is 13.1 Å². The van der Waals surface area contributed by atoms with Gasteiger partial charge in [0.25, 0.3) is 18.2 Å². The Bertz CT molecular complexity index is 995. The number of alkyl halides is 2. The van der Waals surface area contributed by atoms with Crippen molar-refractivity contribution < 1.29 is 18.4 Å². The smallest absolute Gasteiger partial charge is 0.295 e. The first-order valence-corrected chi connectivity index (χ1v) is 9.85. The molecule has 28 heavy (non-hydrogen) atoms. The fourth-order valence-corrected chi connectivity index (χ4v) is 3.97. The van der Waals surface area contributed by atoms with E-state index < -0.39 is 12.2 Å². The van der Waals surface area contributed by atoms with Crippen LogP contribution < -0.4 is 5.32 Å². The van der Waals surface area contributed by atoms with Crippen LogP contribution in [0.5, 0.6) is 0 Å². The predicted molar refractivity (Wildman–Crippen MR) is 102 cm³/mol. The van der Waals surface area contributed by atoms with Gasteiger partial charge in [-0.3, -0.25) is 9.59 Å². The molecule has 0 unspecified atom stereocenters. The molecular formula is C19H18F2N4O2S. The molecule has 3 heterocycles. The van der Waals surface area contributed by atoms with Gasteiger partial charge in [0.05, 0.1) is 11.0 Å². The number of thiophene rings is 1. The lowest BCUT2D eigenvalue weighted by Crippen LogP contribution is -2.46. The van der Waals surface area contributed by atoms with Crippen LogP contribution in [0.15, 0.2) is 35.0 Å². The summed E-state index contributed by atoms with van der Waals surface area (Å²) in [6, 6.07) is 6.54. The molecule has 0 bridgehead atoms. The molecule has 0 aliphatic carbocycles. The first-order chi connectivity index (χ1) is 13.5. The third kappa shape index (κ3) is 3.75. The molecular weight excluding hydrogens is 386 g/mol. The first-order valence-electron chi connectivity index (χ1n) is 8.91. The summed E-state index contributed by atoms with van der Waals surface area (Å²) in [7, 11) is 0. The van der Waals surface area contributed by atoms with Gasteiger partial charge in [0.1, 0.15) is 0 Å². The minimum atomic E-state index is -2.69. The Balaban J connectivity index is 1.38. The Morgan fingerprint density at radius 1 is 1.21 bits per heavy atom. The lowest BCUT2D eigenvalue weighted by atomic mass is 10.0. The highest BCUT2D eigenvalue weighted by Crippen LogP contribution is 2.22. The fourth-order valence-electron chi connectivity index (χ4n) is 3.34. The van der Waals surface area contributed by atoms with Gasteiger partial charge >= 0.3 is 0 Å². The van der Waals surface area contributed by atoms with Gasteiger partial charge < -0.3 is 15.2 Å². The second-order valence-electron chi connectivity index (χ2n) is 6.71. The number of H-pyrrole nitrogens is 1. The zero-order chi connectivity index (χ0) is 19.7. The molecule has 1 aliphatic rings. The van der Waals surface area contributed by atoms with Crippen LogP contribution in [-0.2, 0) is 0 Å². The number of carbonyl (C=O) groups is 2. The van der Waals surface area contributed by atoms with Crippen molar-refractivity contribution >= 4 is 34.2 Å². The SMILES string of the molecule is O=C(NC1CCN(C(=O)c2ccc3nc(C(F)F)[nH]c3c2)CC1)c1ccsc1. The van der Waals surface area contributed by atoms with Gasteiger partial charge in [-0.05, 0) is 42.5 Å². The van der Waals surface area contributed by atoms with Crippen LogP contribution >= 0.6 is 11.3 Å². The summed E-state index contributed by atoms with van der Waals surface area (Å²) < 4.78 is 25.5. The number of imidazole rings is 1. The largest absolute Gasteiger partial charge is 0.349 e. The molecule has 0 atom stereocenters. The number of amides is 2. The Labute approximate surface area is 163 Å². The zero-order valence-corrected chi connectivity index (χ0v) is 15.6. The minimum Gasteiger partial charge on any atom is -0.349 e. The van der Waals surface area contributed by atoms with Crippen LogP contribution in [0, 0.1) is 0 Å². The van der Waals surface area contributed by atoms with E-state index in [9.17, 15) is 18.4 Å². The number of nitrogens with zero attached hydrogens (tertiary/aromatic N) is 2. The quantitative estimate of drug-likeness (QED) is 0.698. The Morgan fingerprint density at radius 2 is 2.00 bits per heavy atom. The molecule has 4 rings (SSSR count). The lowest BCUT2D eigenvalue weighted by Gasteiger charge is -2.32. The van der Waals surface area contributed by atoms with E-state index in [-0.39, 0.29) is 17.9 Å². The summed E-state index contributed by atoms with van der Waals surface area (Å²) in [5.41, 5.74) is 1.90. The lowest BCUT2D eigenvalue weighted by molar-refractivity contribution is 0.0698. The number of halogens is 2. The molecule has 146 valence electrons. The number of aromatic amines is 1. The highest BCUT2D eigenvalue weighted by Gasteiger charge is 2.25. The predicted octanol–water partition coefficient (Wildman–Crippen LogP) is 3.60. The molecule has 3 aromatic rings. The van der Waals surface area contributed by atoms with Crippen LogP contribution in [0.25, 0.3) is 11.0 Å². The maximum Gasteiger partial charge on any atom is 0.295 e. The third-order valence-electron chi connectivity index (χ3n) is 4.85. The van der Waals surface area contributed by atoms with E-state index in [2.05, 4.69) is 15.3 Å². The minimum absolute atomic E-state index is 0.0279. The number of nitrogens with one attached hydrogen (secondary N) is 2. The number of hydrogen-bond acceptors (Lipinski definition) is 4. The van der Waals surface area contributed by atoms with E-state index in [1.165, 1.54) is 11.3 Å². The van der Waals surface area contributed by atoms with Gasteiger partial charge in [0.2, 0.25) is 0 Å². The first kappa shape index (κ1) is 18.5. The Morgan fingerprint density at radius 3 is 2.68 bits per heavy atom. The van der Waals surface area contributed by atoms with Crippen molar-refractivity contribution in [1.82, 2.24) is 20.2 Å². The number of hydrogen-bond donors (Lipinski definition) is 2. The van der Waals surface area contributed by atoms with Crippen molar-refractivity contribution in [3.8, 4) is 0 Å². The van der Waals surface area contributed by atoms with Gasteiger partial charge in [-0.15, -0.1) is 0 Å². The van der Waals surface area contributed by atoms with E-state index >= 15 is 0 Å². The average molecular weight is 404 g/mol.